The average Bonchev–Trinajstić information content (AvgIpc) is 2.14. The summed E-state index contributed by atoms with van der Waals surface area (Å²) in [7, 11) is 0. The second-order valence-electron chi connectivity index (χ2n) is 2.57. The Hall–Kier alpha value is -1.97. The third-order valence-corrected chi connectivity index (χ3v) is 1.53. The first-order chi connectivity index (χ1) is 6.63. The highest BCUT2D eigenvalue weighted by molar-refractivity contribution is 5.88. The molecule has 0 amide bonds. The first-order valence-electron chi connectivity index (χ1n) is 3.79. The predicted molar refractivity (Wildman–Crippen MR) is 48.5 cm³/mol. The van der Waals surface area contributed by atoms with Crippen molar-refractivity contribution in [1.82, 2.24) is 0 Å². The molecule has 0 atom stereocenters. The molecule has 0 radical (unpaired) electrons. The van der Waals surface area contributed by atoms with Crippen molar-refractivity contribution in [2.24, 2.45) is 0 Å². The van der Waals surface area contributed by atoms with Gasteiger partial charge in [-0.1, -0.05) is 6.08 Å². The van der Waals surface area contributed by atoms with Crippen LogP contribution in [0.1, 0.15) is 15.9 Å². The van der Waals surface area contributed by atoms with Crippen molar-refractivity contribution in [3.63, 3.8) is 0 Å². The molecule has 0 aliphatic rings. The van der Waals surface area contributed by atoms with E-state index >= 15 is 0 Å². The molecule has 1 aromatic rings. The number of halogens is 1. The molecule has 0 heterocycles. The van der Waals surface area contributed by atoms with Gasteiger partial charge in [0, 0.05) is 0 Å². The molecule has 0 unspecified atom stereocenters. The fourth-order valence-electron chi connectivity index (χ4n) is 0.982. The van der Waals surface area contributed by atoms with Crippen molar-refractivity contribution in [3.8, 4) is 0 Å². The van der Waals surface area contributed by atoms with Gasteiger partial charge in [0.15, 0.2) is 0 Å². The zero-order valence-electron chi connectivity index (χ0n) is 7.11. The van der Waals surface area contributed by atoms with Gasteiger partial charge in [-0.25, -0.2) is 9.18 Å². The maximum atomic E-state index is 12.8. The topological polar surface area (TPSA) is 54.4 Å². The number of allylic oxidation sites excluding steroid dienone is 1. The second kappa shape index (κ2) is 4.32. The molecular formula is C10H7FO3. The van der Waals surface area contributed by atoms with Crippen LogP contribution >= 0.6 is 0 Å². The minimum Gasteiger partial charge on any atom is -0.478 e. The Kier molecular flexibility index (Phi) is 3.12. The summed E-state index contributed by atoms with van der Waals surface area (Å²) < 4.78 is 12.8. The number of carboxylic acids is 1. The molecule has 0 spiro atoms. The van der Waals surface area contributed by atoms with E-state index in [2.05, 4.69) is 0 Å². The van der Waals surface area contributed by atoms with Crippen LogP contribution in [0.5, 0.6) is 0 Å². The standard InChI is InChI=1S/C10H7FO3/c11-9-5-7(2-1-3-12)4-8(6-9)10(13)14/h1-6H,(H,13,14). The number of rotatable bonds is 3. The SMILES string of the molecule is O=CC=Cc1cc(F)cc(C(=O)O)c1. The van der Waals surface area contributed by atoms with E-state index in [0.717, 1.165) is 12.1 Å². The Balaban J connectivity index is 3.13. The van der Waals surface area contributed by atoms with Gasteiger partial charge in [0.25, 0.3) is 0 Å². The molecule has 0 aliphatic heterocycles. The summed E-state index contributed by atoms with van der Waals surface area (Å²) in [4.78, 5) is 20.5. The molecular weight excluding hydrogens is 187 g/mol. The Morgan fingerprint density at radius 2 is 2.07 bits per heavy atom. The fourth-order valence-corrected chi connectivity index (χ4v) is 0.982. The van der Waals surface area contributed by atoms with Gasteiger partial charge < -0.3 is 5.11 Å². The normalized spacial score (nSPS) is 10.4. The summed E-state index contributed by atoms with van der Waals surface area (Å²) in [5.74, 6) is -1.85. The van der Waals surface area contributed by atoms with Crippen LogP contribution in [0.25, 0.3) is 6.08 Å². The van der Waals surface area contributed by atoms with Gasteiger partial charge in [-0.05, 0) is 29.8 Å². The maximum Gasteiger partial charge on any atom is 0.335 e. The lowest BCUT2D eigenvalue weighted by molar-refractivity contribution is -0.104. The number of aldehydes is 1. The third-order valence-electron chi connectivity index (χ3n) is 1.53. The largest absolute Gasteiger partial charge is 0.478 e. The van der Waals surface area contributed by atoms with Crippen molar-refractivity contribution in [2.75, 3.05) is 0 Å². The zero-order valence-corrected chi connectivity index (χ0v) is 7.11. The Bertz CT molecular complexity index is 396. The summed E-state index contributed by atoms with van der Waals surface area (Å²) in [6.07, 6.45) is 3.04. The first-order valence-corrected chi connectivity index (χ1v) is 3.79. The van der Waals surface area contributed by atoms with Gasteiger partial charge in [-0.3, -0.25) is 4.79 Å². The van der Waals surface area contributed by atoms with Crippen LogP contribution in [0.4, 0.5) is 4.39 Å². The molecule has 1 N–H and O–H groups in total. The van der Waals surface area contributed by atoms with E-state index in [9.17, 15) is 14.0 Å². The van der Waals surface area contributed by atoms with Gasteiger partial charge in [0.2, 0.25) is 0 Å². The Morgan fingerprint density at radius 1 is 1.36 bits per heavy atom. The van der Waals surface area contributed by atoms with E-state index in [4.69, 9.17) is 5.11 Å². The van der Waals surface area contributed by atoms with Gasteiger partial charge in [-0.2, -0.15) is 0 Å². The molecule has 0 aliphatic carbocycles. The highest BCUT2D eigenvalue weighted by Crippen LogP contribution is 2.10. The molecule has 14 heavy (non-hydrogen) atoms. The fraction of sp³-hybridized carbons (Fsp3) is 0. The van der Waals surface area contributed by atoms with Crippen molar-refractivity contribution < 1.29 is 19.1 Å². The summed E-state index contributed by atoms with van der Waals surface area (Å²) >= 11 is 0. The Morgan fingerprint density at radius 3 is 2.64 bits per heavy atom. The minimum absolute atomic E-state index is 0.143. The van der Waals surface area contributed by atoms with Gasteiger partial charge in [-0.15, -0.1) is 0 Å². The second-order valence-corrected chi connectivity index (χ2v) is 2.57. The molecule has 3 nitrogen and oxygen atoms in total. The van der Waals surface area contributed by atoms with Crippen LogP contribution in [-0.2, 0) is 4.79 Å². The van der Waals surface area contributed by atoms with Crippen LogP contribution < -0.4 is 0 Å². The van der Waals surface area contributed by atoms with E-state index < -0.39 is 11.8 Å². The van der Waals surface area contributed by atoms with Crippen LogP contribution in [-0.4, -0.2) is 17.4 Å². The number of benzene rings is 1. The van der Waals surface area contributed by atoms with E-state index in [1.54, 1.807) is 0 Å². The summed E-state index contributed by atoms with van der Waals surface area (Å²) in [5, 5.41) is 8.60. The number of carbonyl (C=O) groups is 2. The van der Waals surface area contributed by atoms with E-state index in [-0.39, 0.29) is 5.56 Å². The molecule has 4 heteroatoms. The molecule has 0 bridgehead atoms. The van der Waals surface area contributed by atoms with Crippen molar-refractivity contribution in [3.05, 3.63) is 41.2 Å². The van der Waals surface area contributed by atoms with Gasteiger partial charge in [0.05, 0.1) is 5.56 Å². The molecule has 1 aromatic carbocycles. The first kappa shape index (κ1) is 10.1. The van der Waals surface area contributed by atoms with Crippen LogP contribution in [0.3, 0.4) is 0 Å². The lowest BCUT2D eigenvalue weighted by atomic mass is 10.1. The molecule has 0 saturated carbocycles. The summed E-state index contributed by atoms with van der Waals surface area (Å²) in [6, 6.07) is 3.35. The molecule has 0 fully saturated rings. The molecule has 0 saturated heterocycles. The number of hydrogen-bond donors (Lipinski definition) is 1. The monoisotopic (exact) mass is 194 g/mol. The number of aromatic carboxylic acids is 1. The van der Waals surface area contributed by atoms with Crippen molar-refractivity contribution in [2.45, 2.75) is 0 Å². The van der Waals surface area contributed by atoms with Crippen LogP contribution in [0.15, 0.2) is 24.3 Å². The lowest BCUT2D eigenvalue weighted by Crippen LogP contribution is -1.97. The summed E-state index contributed by atoms with van der Waals surface area (Å²) in [5.41, 5.74) is 0.199. The minimum atomic E-state index is -1.20. The van der Waals surface area contributed by atoms with Gasteiger partial charge >= 0.3 is 5.97 Å². The number of hydrogen-bond acceptors (Lipinski definition) is 2. The third kappa shape index (κ3) is 2.52. The van der Waals surface area contributed by atoms with Crippen molar-refractivity contribution in [1.29, 1.82) is 0 Å². The van der Waals surface area contributed by atoms with Crippen LogP contribution in [0, 0.1) is 5.82 Å². The summed E-state index contributed by atoms with van der Waals surface area (Å²) in [6.45, 7) is 0. The highest BCUT2D eigenvalue weighted by atomic mass is 19.1. The zero-order chi connectivity index (χ0) is 10.6. The quantitative estimate of drug-likeness (QED) is 0.589. The van der Waals surface area contributed by atoms with E-state index in [1.165, 1.54) is 18.2 Å². The Labute approximate surface area is 79.5 Å². The lowest BCUT2D eigenvalue weighted by Gasteiger charge is -1.97. The molecule has 1 rings (SSSR count). The van der Waals surface area contributed by atoms with E-state index in [1.807, 2.05) is 0 Å². The number of carbonyl (C=O) groups excluding carboxylic acids is 1. The smallest absolute Gasteiger partial charge is 0.335 e. The van der Waals surface area contributed by atoms with E-state index in [0.29, 0.717) is 11.8 Å². The molecule has 0 aromatic heterocycles. The van der Waals surface area contributed by atoms with Crippen molar-refractivity contribution >= 4 is 18.3 Å². The number of carboxylic acid groups (broad SMARTS) is 1. The van der Waals surface area contributed by atoms with Gasteiger partial charge in [0.1, 0.15) is 12.1 Å². The predicted octanol–water partition coefficient (Wildman–Crippen LogP) is 1.74. The van der Waals surface area contributed by atoms with Crippen LogP contribution in [0.2, 0.25) is 0 Å². The highest BCUT2D eigenvalue weighted by Gasteiger charge is 2.05. The maximum absolute atomic E-state index is 12.8. The molecule has 72 valence electrons. The average molecular weight is 194 g/mol.